The average Bonchev–Trinajstić information content (AvgIpc) is 2.97. The first-order valence-electron chi connectivity index (χ1n) is 7.24. The van der Waals surface area contributed by atoms with E-state index in [2.05, 4.69) is 22.1 Å². The topological polar surface area (TPSA) is 69.0 Å². The smallest absolute Gasteiger partial charge is 0.230 e. The standard InChI is InChI=1S/C16H20N4O2S/c1-3-10-20-15(13-7-5-4-6-8-13)18-19-16(20)23-12-14(21)17-9-11-22-2/h3-8H,1,9-12H2,2H3,(H,17,21). The molecular weight excluding hydrogens is 312 g/mol. The number of rotatable bonds is 9. The van der Waals surface area contributed by atoms with Crippen LogP contribution in [-0.4, -0.2) is 46.7 Å². The average molecular weight is 332 g/mol. The minimum Gasteiger partial charge on any atom is -0.383 e. The van der Waals surface area contributed by atoms with E-state index < -0.39 is 0 Å². The molecule has 0 unspecified atom stereocenters. The lowest BCUT2D eigenvalue weighted by Gasteiger charge is -2.08. The zero-order chi connectivity index (χ0) is 16.5. The number of methoxy groups -OCH3 is 1. The second kappa shape index (κ2) is 9.12. The maximum absolute atomic E-state index is 11.8. The third-order valence-corrected chi connectivity index (χ3v) is 3.99. The summed E-state index contributed by atoms with van der Waals surface area (Å²) in [4.78, 5) is 11.8. The van der Waals surface area contributed by atoms with Gasteiger partial charge in [0.05, 0.1) is 12.4 Å². The van der Waals surface area contributed by atoms with Gasteiger partial charge in [-0.15, -0.1) is 16.8 Å². The summed E-state index contributed by atoms with van der Waals surface area (Å²) < 4.78 is 6.85. The van der Waals surface area contributed by atoms with Crippen LogP contribution in [0.5, 0.6) is 0 Å². The Morgan fingerprint density at radius 1 is 1.39 bits per heavy atom. The number of amides is 1. The number of aromatic nitrogens is 3. The third kappa shape index (κ3) is 4.94. The van der Waals surface area contributed by atoms with Crippen LogP contribution in [0.4, 0.5) is 0 Å². The van der Waals surface area contributed by atoms with Gasteiger partial charge < -0.3 is 10.1 Å². The first kappa shape index (κ1) is 17.2. The molecule has 0 saturated heterocycles. The van der Waals surface area contributed by atoms with Gasteiger partial charge in [-0.1, -0.05) is 48.2 Å². The van der Waals surface area contributed by atoms with Crippen LogP contribution in [0.2, 0.25) is 0 Å². The Balaban J connectivity index is 2.06. The molecule has 0 atom stereocenters. The molecule has 1 aromatic carbocycles. The molecule has 6 nitrogen and oxygen atoms in total. The van der Waals surface area contributed by atoms with Crippen LogP contribution in [0, 0.1) is 0 Å². The normalized spacial score (nSPS) is 10.5. The predicted molar refractivity (Wildman–Crippen MR) is 91.3 cm³/mol. The molecule has 2 aromatic rings. The van der Waals surface area contributed by atoms with E-state index in [9.17, 15) is 4.79 Å². The lowest BCUT2D eigenvalue weighted by atomic mass is 10.2. The monoisotopic (exact) mass is 332 g/mol. The van der Waals surface area contributed by atoms with Crippen LogP contribution in [0.25, 0.3) is 11.4 Å². The van der Waals surface area contributed by atoms with Gasteiger partial charge in [0.2, 0.25) is 5.91 Å². The quantitative estimate of drug-likeness (QED) is 0.432. The summed E-state index contributed by atoms with van der Waals surface area (Å²) in [5.74, 6) is 1.00. The van der Waals surface area contributed by atoms with Gasteiger partial charge >= 0.3 is 0 Å². The van der Waals surface area contributed by atoms with Crippen molar-refractivity contribution in [1.29, 1.82) is 0 Å². The summed E-state index contributed by atoms with van der Waals surface area (Å²) in [6.07, 6.45) is 1.79. The zero-order valence-corrected chi connectivity index (χ0v) is 13.9. The number of carbonyl (C=O) groups is 1. The number of carbonyl (C=O) groups excluding carboxylic acids is 1. The SMILES string of the molecule is C=CCn1c(SCC(=O)NCCOC)nnc1-c1ccccc1. The number of thioether (sulfide) groups is 1. The highest BCUT2D eigenvalue weighted by Crippen LogP contribution is 2.23. The summed E-state index contributed by atoms with van der Waals surface area (Å²) in [5.41, 5.74) is 0.984. The number of ether oxygens (including phenoxy) is 1. The molecule has 0 fully saturated rings. The van der Waals surface area contributed by atoms with Crippen LogP contribution < -0.4 is 5.32 Å². The van der Waals surface area contributed by atoms with E-state index in [1.54, 1.807) is 13.2 Å². The van der Waals surface area contributed by atoms with Gasteiger partial charge in [-0.25, -0.2) is 0 Å². The number of hydrogen-bond acceptors (Lipinski definition) is 5. The van der Waals surface area contributed by atoms with Crippen LogP contribution in [0.15, 0.2) is 48.1 Å². The van der Waals surface area contributed by atoms with Crippen molar-refractivity contribution in [2.24, 2.45) is 0 Å². The van der Waals surface area contributed by atoms with Crippen molar-refractivity contribution in [3.8, 4) is 11.4 Å². The Hall–Kier alpha value is -2.12. The molecule has 2 rings (SSSR count). The molecule has 1 aromatic heterocycles. The molecule has 1 amide bonds. The van der Waals surface area contributed by atoms with Crippen molar-refractivity contribution in [3.05, 3.63) is 43.0 Å². The molecule has 1 heterocycles. The maximum Gasteiger partial charge on any atom is 0.230 e. The largest absolute Gasteiger partial charge is 0.383 e. The van der Waals surface area contributed by atoms with E-state index in [1.165, 1.54) is 11.8 Å². The van der Waals surface area contributed by atoms with Gasteiger partial charge in [-0.05, 0) is 0 Å². The van der Waals surface area contributed by atoms with E-state index in [0.29, 0.717) is 24.9 Å². The molecule has 0 radical (unpaired) electrons. The highest BCUT2D eigenvalue weighted by atomic mass is 32.2. The number of nitrogens with zero attached hydrogens (tertiary/aromatic N) is 3. The highest BCUT2D eigenvalue weighted by molar-refractivity contribution is 7.99. The summed E-state index contributed by atoms with van der Waals surface area (Å²) in [7, 11) is 1.60. The fraction of sp³-hybridized carbons (Fsp3) is 0.312. The highest BCUT2D eigenvalue weighted by Gasteiger charge is 2.14. The molecule has 0 aliphatic heterocycles. The van der Waals surface area contributed by atoms with E-state index in [-0.39, 0.29) is 11.7 Å². The van der Waals surface area contributed by atoms with Crippen molar-refractivity contribution in [2.45, 2.75) is 11.7 Å². The molecule has 0 spiro atoms. The summed E-state index contributed by atoms with van der Waals surface area (Å²) in [6.45, 7) is 5.37. The van der Waals surface area contributed by atoms with Gasteiger partial charge in [0.1, 0.15) is 0 Å². The molecule has 0 aliphatic carbocycles. The zero-order valence-electron chi connectivity index (χ0n) is 13.1. The third-order valence-electron chi connectivity index (χ3n) is 3.02. The van der Waals surface area contributed by atoms with Crippen molar-refractivity contribution >= 4 is 17.7 Å². The molecule has 0 bridgehead atoms. The van der Waals surface area contributed by atoms with Gasteiger partial charge in [0.25, 0.3) is 0 Å². The van der Waals surface area contributed by atoms with Crippen LogP contribution >= 0.6 is 11.8 Å². The fourth-order valence-corrected chi connectivity index (χ4v) is 2.74. The maximum atomic E-state index is 11.8. The van der Waals surface area contributed by atoms with Crippen molar-refractivity contribution in [2.75, 3.05) is 26.0 Å². The second-order valence-electron chi connectivity index (χ2n) is 4.70. The fourth-order valence-electron chi connectivity index (χ4n) is 1.96. The van der Waals surface area contributed by atoms with Gasteiger partial charge in [-0.3, -0.25) is 9.36 Å². The van der Waals surface area contributed by atoms with Crippen molar-refractivity contribution in [3.63, 3.8) is 0 Å². The number of hydrogen-bond donors (Lipinski definition) is 1. The Labute approximate surface area is 139 Å². The number of benzene rings is 1. The van der Waals surface area contributed by atoms with Gasteiger partial charge in [0.15, 0.2) is 11.0 Å². The lowest BCUT2D eigenvalue weighted by Crippen LogP contribution is -2.28. The van der Waals surface area contributed by atoms with E-state index in [1.807, 2.05) is 34.9 Å². The molecule has 122 valence electrons. The summed E-state index contributed by atoms with van der Waals surface area (Å²) in [6, 6.07) is 9.83. The van der Waals surface area contributed by atoms with Gasteiger partial charge in [-0.2, -0.15) is 0 Å². The summed E-state index contributed by atoms with van der Waals surface area (Å²) in [5, 5.41) is 11.9. The van der Waals surface area contributed by atoms with E-state index in [4.69, 9.17) is 4.74 Å². The van der Waals surface area contributed by atoms with E-state index >= 15 is 0 Å². The van der Waals surface area contributed by atoms with Crippen LogP contribution in [-0.2, 0) is 16.1 Å². The molecule has 1 N–H and O–H groups in total. The Kier molecular flexibility index (Phi) is 6.83. The predicted octanol–water partition coefficient (Wildman–Crippen LogP) is 1.99. The van der Waals surface area contributed by atoms with Crippen molar-refractivity contribution in [1.82, 2.24) is 20.1 Å². The minimum atomic E-state index is -0.0542. The van der Waals surface area contributed by atoms with Gasteiger partial charge in [0, 0.05) is 25.8 Å². The summed E-state index contributed by atoms with van der Waals surface area (Å²) >= 11 is 1.36. The van der Waals surface area contributed by atoms with Crippen LogP contribution in [0.1, 0.15) is 0 Å². The second-order valence-corrected chi connectivity index (χ2v) is 5.65. The first-order valence-corrected chi connectivity index (χ1v) is 8.22. The Bertz CT molecular complexity index is 643. The van der Waals surface area contributed by atoms with Crippen molar-refractivity contribution < 1.29 is 9.53 Å². The Morgan fingerprint density at radius 3 is 2.87 bits per heavy atom. The number of nitrogens with one attached hydrogen (secondary N) is 1. The van der Waals surface area contributed by atoms with Crippen LogP contribution in [0.3, 0.4) is 0 Å². The molecular formula is C16H20N4O2S. The molecule has 0 aliphatic rings. The minimum absolute atomic E-state index is 0.0542. The van der Waals surface area contributed by atoms with E-state index in [0.717, 1.165) is 11.4 Å². The molecule has 7 heteroatoms. The molecule has 0 saturated carbocycles. The first-order chi connectivity index (χ1) is 11.3. The lowest BCUT2D eigenvalue weighted by molar-refractivity contribution is -0.118. The molecule has 23 heavy (non-hydrogen) atoms. The Morgan fingerprint density at radius 2 is 2.17 bits per heavy atom. The number of allylic oxidation sites excluding steroid dienone is 1.